The summed E-state index contributed by atoms with van der Waals surface area (Å²) < 4.78 is 11.1. The van der Waals surface area contributed by atoms with E-state index in [9.17, 15) is 40.5 Å². The lowest BCUT2D eigenvalue weighted by atomic mass is 9.98. The molecule has 1 aliphatic rings. The Balaban J connectivity index is 2.39. The van der Waals surface area contributed by atoms with Crippen LogP contribution in [0.15, 0.2) is 48.6 Å². The zero-order valence-electron chi connectivity index (χ0n) is 39.1. The molecule has 11 nitrogen and oxygen atoms in total. The first-order chi connectivity index (χ1) is 30.2. The topological polar surface area (TPSA) is 189 Å². The number of hydrogen-bond donors (Lipinski definition) is 8. The molecule has 11 heteroatoms. The minimum atomic E-state index is -1.67. The third-order valence-corrected chi connectivity index (χ3v) is 11.8. The molecule has 1 rings (SSSR count). The van der Waals surface area contributed by atoms with Crippen LogP contribution in [-0.2, 0) is 14.3 Å². The van der Waals surface area contributed by atoms with Gasteiger partial charge in [-0.2, -0.15) is 0 Å². The summed E-state index contributed by atoms with van der Waals surface area (Å²) in [5, 5.41) is 75.6. The number of allylic oxidation sites excluding steroid dienone is 8. The van der Waals surface area contributed by atoms with Crippen molar-refractivity contribution in [2.45, 2.75) is 255 Å². The minimum absolute atomic E-state index is 0.232. The quantitative estimate of drug-likeness (QED) is 0.0218. The van der Waals surface area contributed by atoms with Crippen molar-refractivity contribution in [2.75, 3.05) is 13.2 Å². The van der Waals surface area contributed by atoms with Gasteiger partial charge in [-0.3, -0.25) is 4.79 Å². The van der Waals surface area contributed by atoms with Crippen molar-refractivity contribution in [3.63, 3.8) is 0 Å². The van der Waals surface area contributed by atoms with Gasteiger partial charge in [0.15, 0.2) is 6.29 Å². The number of ether oxygens (including phenoxy) is 2. The van der Waals surface area contributed by atoms with E-state index in [0.717, 1.165) is 57.8 Å². The molecular weight excluding hydrogens is 787 g/mol. The van der Waals surface area contributed by atoms with Crippen molar-refractivity contribution in [3.05, 3.63) is 48.6 Å². The van der Waals surface area contributed by atoms with Crippen LogP contribution in [-0.4, -0.2) is 110 Å². The second-order valence-corrected chi connectivity index (χ2v) is 17.5. The Kier molecular flexibility index (Phi) is 38.0. The third kappa shape index (κ3) is 29.5. The Morgan fingerprint density at radius 1 is 0.548 bits per heavy atom. The Bertz CT molecular complexity index is 1150. The van der Waals surface area contributed by atoms with Crippen LogP contribution in [0.1, 0.15) is 200 Å². The summed E-state index contributed by atoms with van der Waals surface area (Å²) >= 11 is 0. The highest BCUT2D eigenvalue weighted by Crippen LogP contribution is 2.23. The molecule has 0 aromatic heterocycles. The van der Waals surface area contributed by atoms with Gasteiger partial charge in [0.25, 0.3) is 0 Å². The van der Waals surface area contributed by atoms with Crippen LogP contribution < -0.4 is 5.32 Å². The number of aliphatic hydroxyl groups is 7. The summed E-state index contributed by atoms with van der Waals surface area (Å²) in [7, 11) is 0. The molecule has 1 amide bonds. The second kappa shape index (κ2) is 40.6. The number of carbonyl (C=O) groups excluding carboxylic acids is 1. The normalized spacial score (nSPS) is 21.7. The lowest BCUT2D eigenvalue weighted by Gasteiger charge is -2.40. The predicted octanol–water partition coefficient (Wildman–Crippen LogP) is 8.95. The maximum absolute atomic E-state index is 13.0. The van der Waals surface area contributed by atoms with Gasteiger partial charge in [0.05, 0.1) is 25.4 Å². The molecule has 1 heterocycles. The van der Waals surface area contributed by atoms with Crippen LogP contribution >= 0.6 is 0 Å². The summed E-state index contributed by atoms with van der Waals surface area (Å²) in [6.07, 6.45) is 37.6. The molecule has 362 valence electrons. The molecule has 9 atom stereocenters. The lowest BCUT2D eigenvalue weighted by Crippen LogP contribution is -2.60. The number of amides is 1. The standard InChI is InChI=1S/C51H93NO10/c1-3-5-7-9-11-13-15-16-17-18-19-20-21-22-23-24-25-26-27-28-29-31-32-34-36-38-43(54)46(56)42(41-61-51-49(59)48(58)47(57)45(40-53)62-51)52-50(60)44(55)39-37-35-33-30-14-12-10-8-6-4-2/h10,12,22-23,26-27,31-32,42-49,51,53-59H,3-9,11,13-21,24-25,28-30,33-41H2,1-2H3,(H,52,60)/b12-10-,23-22+,27-26+,32-31+. The zero-order chi connectivity index (χ0) is 45.5. The first-order valence-electron chi connectivity index (χ1n) is 25.0. The highest BCUT2D eigenvalue weighted by Gasteiger charge is 2.44. The molecule has 8 N–H and O–H groups in total. The van der Waals surface area contributed by atoms with Gasteiger partial charge in [0, 0.05) is 0 Å². The monoisotopic (exact) mass is 880 g/mol. The maximum atomic E-state index is 13.0. The van der Waals surface area contributed by atoms with Crippen molar-refractivity contribution >= 4 is 5.91 Å². The average molecular weight is 880 g/mol. The van der Waals surface area contributed by atoms with E-state index < -0.39 is 74.2 Å². The number of carbonyl (C=O) groups is 1. The van der Waals surface area contributed by atoms with Crippen LogP contribution in [0.25, 0.3) is 0 Å². The number of nitrogens with one attached hydrogen (secondary N) is 1. The van der Waals surface area contributed by atoms with E-state index in [0.29, 0.717) is 19.3 Å². The van der Waals surface area contributed by atoms with Crippen molar-refractivity contribution in [1.29, 1.82) is 0 Å². The Morgan fingerprint density at radius 2 is 0.984 bits per heavy atom. The van der Waals surface area contributed by atoms with Crippen molar-refractivity contribution in [1.82, 2.24) is 5.32 Å². The molecule has 1 saturated heterocycles. The van der Waals surface area contributed by atoms with E-state index in [-0.39, 0.29) is 12.8 Å². The molecule has 0 aromatic carbocycles. The number of aliphatic hydroxyl groups excluding tert-OH is 7. The Morgan fingerprint density at radius 3 is 1.48 bits per heavy atom. The van der Waals surface area contributed by atoms with E-state index in [2.05, 4.69) is 67.8 Å². The fraction of sp³-hybridized carbons (Fsp3) is 0.824. The summed E-state index contributed by atoms with van der Waals surface area (Å²) in [6.45, 7) is 3.35. The Labute approximate surface area is 377 Å². The molecular formula is C51H93NO10. The van der Waals surface area contributed by atoms with Gasteiger partial charge in [-0.15, -0.1) is 0 Å². The van der Waals surface area contributed by atoms with Gasteiger partial charge < -0.3 is 50.5 Å². The molecule has 0 spiro atoms. The zero-order valence-corrected chi connectivity index (χ0v) is 39.1. The van der Waals surface area contributed by atoms with Crippen LogP contribution in [0.5, 0.6) is 0 Å². The number of unbranched alkanes of at least 4 members (excludes halogenated alkanes) is 21. The van der Waals surface area contributed by atoms with Gasteiger partial charge in [-0.25, -0.2) is 0 Å². The Hall–Kier alpha value is -1.93. The van der Waals surface area contributed by atoms with E-state index >= 15 is 0 Å². The minimum Gasteiger partial charge on any atom is -0.394 e. The van der Waals surface area contributed by atoms with E-state index in [1.807, 2.05) is 0 Å². The number of hydrogen-bond acceptors (Lipinski definition) is 10. The fourth-order valence-corrected chi connectivity index (χ4v) is 7.63. The lowest BCUT2D eigenvalue weighted by molar-refractivity contribution is -0.303. The predicted molar refractivity (Wildman–Crippen MR) is 251 cm³/mol. The van der Waals surface area contributed by atoms with E-state index in [1.54, 1.807) is 0 Å². The van der Waals surface area contributed by atoms with Crippen molar-refractivity contribution < 1.29 is 50.0 Å². The van der Waals surface area contributed by atoms with Gasteiger partial charge in [-0.1, -0.05) is 165 Å². The SMILES string of the molecule is CCCC/C=C\CCCCCCC(O)C(=O)NC(COC1OC(CO)C(O)C(O)C1O)C(O)C(O)CCC/C=C/CC/C=C/CC/C=C/CCCCCCCCCCCCCC. The van der Waals surface area contributed by atoms with E-state index in [1.165, 1.54) is 96.3 Å². The molecule has 0 radical (unpaired) electrons. The summed E-state index contributed by atoms with van der Waals surface area (Å²) in [5.41, 5.74) is 0. The van der Waals surface area contributed by atoms with Crippen molar-refractivity contribution in [3.8, 4) is 0 Å². The van der Waals surface area contributed by atoms with Crippen LogP contribution in [0.2, 0.25) is 0 Å². The van der Waals surface area contributed by atoms with Crippen LogP contribution in [0.4, 0.5) is 0 Å². The average Bonchev–Trinajstić information content (AvgIpc) is 3.27. The molecule has 0 aliphatic carbocycles. The first kappa shape index (κ1) is 58.1. The van der Waals surface area contributed by atoms with Gasteiger partial charge in [0.1, 0.15) is 36.6 Å². The van der Waals surface area contributed by atoms with Gasteiger partial charge in [-0.05, 0) is 83.5 Å². The third-order valence-electron chi connectivity index (χ3n) is 11.8. The molecule has 1 fully saturated rings. The number of rotatable bonds is 41. The largest absolute Gasteiger partial charge is 0.394 e. The molecule has 9 unspecified atom stereocenters. The van der Waals surface area contributed by atoms with Gasteiger partial charge >= 0.3 is 0 Å². The molecule has 62 heavy (non-hydrogen) atoms. The molecule has 1 aliphatic heterocycles. The summed E-state index contributed by atoms with van der Waals surface area (Å²) in [6, 6.07) is -1.20. The van der Waals surface area contributed by atoms with Crippen molar-refractivity contribution in [2.24, 2.45) is 0 Å². The van der Waals surface area contributed by atoms with Gasteiger partial charge in [0.2, 0.25) is 5.91 Å². The highest BCUT2D eigenvalue weighted by molar-refractivity contribution is 5.80. The fourth-order valence-electron chi connectivity index (χ4n) is 7.63. The maximum Gasteiger partial charge on any atom is 0.249 e. The van der Waals surface area contributed by atoms with E-state index in [4.69, 9.17) is 9.47 Å². The first-order valence-corrected chi connectivity index (χ1v) is 25.0. The van der Waals surface area contributed by atoms with Crippen LogP contribution in [0.3, 0.4) is 0 Å². The van der Waals surface area contributed by atoms with Crippen LogP contribution in [0, 0.1) is 0 Å². The smallest absolute Gasteiger partial charge is 0.249 e. The molecule has 0 aromatic rings. The second-order valence-electron chi connectivity index (χ2n) is 17.5. The highest BCUT2D eigenvalue weighted by atomic mass is 16.7. The summed E-state index contributed by atoms with van der Waals surface area (Å²) in [4.78, 5) is 13.0. The molecule has 0 bridgehead atoms. The molecule has 0 saturated carbocycles. The summed E-state index contributed by atoms with van der Waals surface area (Å²) in [5.74, 6) is -0.726.